The minimum atomic E-state index is -1.63. The lowest BCUT2D eigenvalue weighted by Gasteiger charge is -1.87. The highest BCUT2D eigenvalue weighted by Gasteiger charge is 1.94. The summed E-state index contributed by atoms with van der Waals surface area (Å²) in [7, 11) is -1.63. The third-order valence-electron chi connectivity index (χ3n) is 0.402. The SMILES string of the molecule is ClC(Cl)C=C[SiH](Cl)Cl. The molecule has 0 nitrogen and oxygen atoms in total. The average Bonchev–Trinajstić information content (AvgIpc) is 1.61. The van der Waals surface area contributed by atoms with Crippen LogP contribution >= 0.6 is 45.4 Å². The largest absolute Gasteiger partial charge is 0.259 e. The van der Waals surface area contributed by atoms with E-state index in [-0.39, 0.29) is 0 Å². The lowest BCUT2D eigenvalue weighted by Crippen LogP contribution is -1.86. The molecular weight excluding hydrogens is 206 g/mol. The van der Waals surface area contributed by atoms with Crippen molar-refractivity contribution in [2.45, 2.75) is 4.84 Å². The molecule has 0 heterocycles. The fourth-order valence-corrected chi connectivity index (χ4v) is 1.51. The summed E-state index contributed by atoms with van der Waals surface area (Å²) < 4.78 is 0. The summed E-state index contributed by atoms with van der Waals surface area (Å²) in [6.45, 7) is 0. The fourth-order valence-electron chi connectivity index (χ4n) is 0.168. The summed E-state index contributed by atoms with van der Waals surface area (Å²) in [5.74, 6) is 0. The summed E-state index contributed by atoms with van der Waals surface area (Å²) in [5.41, 5.74) is 1.65. The third-order valence-corrected chi connectivity index (χ3v) is 2.08. The van der Waals surface area contributed by atoms with E-state index in [9.17, 15) is 0 Å². The van der Waals surface area contributed by atoms with E-state index in [4.69, 9.17) is 45.4 Å². The second-order valence-electron chi connectivity index (χ2n) is 1.05. The predicted molar refractivity (Wildman–Crippen MR) is 43.5 cm³/mol. The van der Waals surface area contributed by atoms with Crippen molar-refractivity contribution in [1.29, 1.82) is 0 Å². The molecule has 0 amide bonds. The monoisotopic (exact) mass is 208 g/mol. The smallest absolute Gasteiger partial charge is 0.145 e. The molecule has 0 saturated heterocycles. The van der Waals surface area contributed by atoms with Crippen molar-refractivity contribution in [2.24, 2.45) is 0 Å². The maximum absolute atomic E-state index is 5.42. The Hall–Kier alpha value is 1.12. The van der Waals surface area contributed by atoms with Gasteiger partial charge in [0.15, 0.2) is 0 Å². The van der Waals surface area contributed by atoms with Crippen molar-refractivity contribution in [2.75, 3.05) is 0 Å². The van der Waals surface area contributed by atoms with Crippen LogP contribution in [0.15, 0.2) is 11.8 Å². The Kier molecular flexibility index (Phi) is 5.64. The molecule has 0 spiro atoms. The van der Waals surface area contributed by atoms with E-state index >= 15 is 0 Å². The third kappa shape index (κ3) is 7.12. The van der Waals surface area contributed by atoms with Crippen molar-refractivity contribution in [3.05, 3.63) is 11.8 Å². The van der Waals surface area contributed by atoms with E-state index in [1.54, 1.807) is 11.8 Å². The highest BCUT2D eigenvalue weighted by atomic mass is 35.7. The van der Waals surface area contributed by atoms with E-state index in [1.165, 1.54) is 0 Å². The second kappa shape index (κ2) is 4.95. The van der Waals surface area contributed by atoms with Gasteiger partial charge in [0, 0.05) is 0 Å². The van der Waals surface area contributed by atoms with Crippen LogP contribution < -0.4 is 0 Å². The molecule has 0 aromatic rings. The normalized spacial score (nSPS) is 12.2. The van der Waals surface area contributed by atoms with Gasteiger partial charge in [-0.25, -0.2) is 0 Å². The van der Waals surface area contributed by atoms with Gasteiger partial charge in [0.2, 0.25) is 0 Å². The first-order chi connectivity index (χ1) is 3.63. The zero-order valence-corrected chi connectivity index (χ0v) is 8.00. The number of hydrogen-bond donors (Lipinski definition) is 0. The Morgan fingerprint density at radius 3 is 1.88 bits per heavy atom. The molecule has 0 aliphatic carbocycles. The lowest BCUT2D eigenvalue weighted by atomic mass is 10.7. The van der Waals surface area contributed by atoms with Crippen LogP contribution in [0.3, 0.4) is 0 Å². The van der Waals surface area contributed by atoms with Gasteiger partial charge in [0.1, 0.15) is 4.84 Å². The van der Waals surface area contributed by atoms with E-state index in [1.807, 2.05) is 0 Å². The van der Waals surface area contributed by atoms with Crippen molar-refractivity contribution in [3.8, 4) is 0 Å². The molecule has 48 valence electrons. The predicted octanol–water partition coefficient (Wildman–Crippen LogP) is 2.58. The van der Waals surface area contributed by atoms with Gasteiger partial charge in [-0.05, 0) is 0 Å². The topological polar surface area (TPSA) is 0 Å². The van der Waals surface area contributed by atoms with Crippen molar-refractivity contribution in [3.63, 3.8) is 0 Å². The first-order valence-electron chi connectivity index (χ1n) is 1.87. The second-order valence-corrected chi connectivity index (χ2v) is 6.76. The minimum Gasteiger partial charge on any atom is -0.145 e. The summed E-state index contributed by atoms with van der Waals surface area (Å²) in [6.07, 6.45) is 1.57. The number of halogens is 4. The Bertz CT molecular complexity index is 69.4. The molecular formula is C3H4Cl4Si. The molecule has 0 aliphatic heterocycles. The molecule has 0 radical (unpaired) electrons. The van der Waals surface area contributed by atoms with E-state index in [0.717, 1.165) is 0 Å². The first-order valence-corrected chi connectivity index (χ1v) is 6.90. The van der Waals surface area contributed by atoms with Crippen LogP contribution in [0.1, 0.15) is 0 Å². The molecule has 0 aromatic carbocycles. The Morgan fingerprint density at radius 2 is 1.75 bits per heavy atom. The first kappa shape index (κ1) is 9.12. The van der Waals surface area contributed by atoms with Crippen LogP contribution in [0.5, 0.6) is 0 Å². The standard InChI is InChI=1S/C3H4Cl4Si/c4-3(5)1-2-8(6)7/h1-3,8H. The lowest BCUT2D eigenvalue weighted by molar-refractivity contribution is 1.63. The summed E-state index contributed by atoms with van der Waals surface area (Å²) in [6, 6.07) is 0. The molecule has 0 bridgehead atoms. The maximum Gasteiger partial charge on any atom is 0.259 e. The van der Waals surface area contributed by atoms with Gasteiger partial charge < -0.3 is 0 Å². The van der Waals surface area contributed by atoms with Gasteiger partial charge in [-0.1, -0.05) is 11.8 Å². The van der Waals surface area contributed by atoms with Crippen LogP contribution in [0.4, 0.5) is 0 Å². The van der Waals surface area contributed by atoms with Gasteiger partial charge in [-0.3, -0.25) is 0 Å². The quantitative estimate of drug-likeness (QED) is 0.373. The summed E-state index contributed by atoms with van der Waals surface area (Å²) >= 11 is 21.5. The van der Waals surface area contributed by atoms with Crippen LogP contribution in [-0.2, 0) is 0 Å². The number of alkyl halides is 2. The molecule has 0 aromatic heterocycles. The van der Waals surface area contributed by atoms with Gasteiger partial charge >= 0.3 is 0 Å². The van der Waals surface area contributed by atoms with Gasteiger partial charge in [0.25, 0.3) is 7.42 Å². The molecule has 0 atom stereocenters. The van der Waals surface area contributed by atoms with Crippen molar-refractivity contribution in [1.82, 2.24) is 0 Å². The van der Waals surface area contributed by atoms with E-state index in [0.29, 0.717) is 0 Å². The number of allylic oxidation sites excluding steroid dienone is 1. The molecule has 0 saturated carbocycles. The zero-order valence-electron chi connectivity index (χ0n) is 3.82. The van der Waals surface area contributed by atoms with Crippen LogP contribution in [0.25, 0.3) is 0 Å². The van der Waals surface area contributed by atoms with Crippen LogP contribution in [0, 0.1) is 0 Å². The highest BCUT2D eigenvalue weighted by molar-refractivity contribution is 7.36. The molecule has 0 unspecified atom stereocenters. The van der Waals surface area contributed by atoms with Gasteiger partial charge in [-0.15, -0.1) is 45.4 Å². The Labute approximate surface area is 69.4 Å². The molecule has 0 rings (SSSR count). The van der Waals surface area contributed by atoms with Crippen LogP contribution in [-0.4, -0.2) is 12.3 Å². The van der Waals surface area contributed by atoms with Crippen molar-refractivity contribution < 1.29 is 0 Å². The van der Waals surface area contributed by atoms with Crippen molar-refractivity contribution >= 4 is 52.8 Å². The highest BCUT2D eigenvalue weighted by Crippen LogP contribution is 2.05. The number of hydrogen-bond acceptors (Lipinski definition) is 0. The average molecular weight is 210 g/mol. The Morgan fingerprint density at radius 1 is 1.25 bits per heavy atom. The fraction of sp³-hybridized carbons (Fsp3) is 0.333. The summed E-state index contributed by atoms with van der Waals surface area (Å²) in [5, 5.41) is 0. The summed E-state index contributed by atoms with van der Waals surface area (Å²) in [4.78, 5) is -0.484. The maximum atomic E-state index is 5.42. The number of rotatable bonds is 2. The van der Waals surface area contributed by atoms with Crippen LogP contribution in [0.2, 0.25) is 0 Å². The Balaban J connectivity index is 3.34. The van der Waals surface area contributed by atoms with Gasteiger partial charge in [-0.2, -0.15) is 0 Å². The molecule has 5 heteroatoms. The molecule has 0 N–H and O–H groups in total. The molecule has 0 fully saturated rings. The zero-order chi connectivity index (χ0) is 6.57. The molecule has 8 heavy (non-hydrogen) atoms. The molecule has 0 aliphatic rings. The van der Waals surface area contributed by atoms with Gasteiger partial charge in [0.05, 0.1) is 0 Å². The van der Waals surface area contributed by atoms with E-state index in [2.05, 4.69) is 0 Å². The van der Waals surface area contributed by atoms with E-state index < -0.39 is 12.3 Å². The minimum absolute atomic E-state index is 0.484.